The van der Waals surface area contributed by atoms with Crippen molar-refractivity contribution < 1.29 is 0 Å². The summed E-state index contributed by atoms with van der Waals surface area (Å²) in [7, 11) is 0. The number of nitrogens with zero attached hydrogens (tertiary/aromatic N) is 3. The molecular weight excluding hydrogens is 256 g/mol. The van der Waals surface area contributed by atoms with Gasteiger partial charge in [-0.2, -0.15) is 0 Å². The average Bonchev–Trinajstić information content (AvgIpc) is 2.82. The molecule has 1 aliphatic rings. The van der Waals surface area contributed by atoms with Gasteiger partial charge in [0.25, 0.3) is 0 Å². The Kier molecular flexibility index (Phi) is 3.48. The zero-order valence-electron chi connectivity index (χ0n) is 11.1. The summed E-state index contributed by atoms with van der Waals surface area (Å²) in [6, 6.07) is 3.91. The first-order valence-corrected chi connectivity index (χ1v) is 7.51. The number of hydrogen-bond donors (Lipinski definition) is 1. The number of nitrogen functional groups attached to an aromatic ring is 1. The Morgan fingerprint density at radius 2 is 2.37 bits per heavy atom. The van der Waals surface area contributed by atoms with E-state index in [0.717, 1.165) is 30.1 Å². The molecule has 2 N–H and O–H groups in total. The maximum absolute atomic E-state index is 5.93. The summed E-state index contributed by atoms with van der Waals surface area (Å²) < 4.78 is 0. The van der Waals surface area contributed by atoms with E-state index in [1.807, 2.05) is 12.1 Å². The van der Waals surface area contributed by atoms with E-state index in [9.17, 15) is 0 Å². The highest BCUT2D eigenvalue weighted by Gasteiger charge is 2.21. The molecule has 0 radical (unpaired) electrons. The van der Waals surface area contributed by atoms with E-state index in [0.29, 0.717) is 5.82 Å². The predicted octanol–water partition coefficient (Wildman–Crippen LogP) is 2.56. The quantitative estimate of drug-likeness (QED) is 0.934. The van der Waals surface area contributed by atoms with Crippen molar-refractivity contribution in [2.24, 2.45) is 0 Å². The van der Waals surface area contributed by atoms with E-state index in [1.165, 1.54) is 23.5 Å². The van der Waals surface area contributed by atoms with Crippen LogP contribution >= 0.6 is 11.3 Å². The highest BCUT2D eigenvalue weighted by atomic mass is 32.1. The number of anilines is 1. The van der Waals surface area contributed by atoms with E-state index < -0.39 is 0 Å². The van der Waals surface area contributed by atoms with Gasteiger partial charge >= 0.3 is 0 Å². The summed E-state index contributed by atoms with van der Waals surface area (Å²) in [4.78, 5) is 12.8. The SMILES string of the molecule is CCCN1CCc2nc(-c3cccnc3N)sc2C1. The van der Waals surface area contributed by atoms with Gasteiger partial charge in [0.1, 0.15) is 10.8 Å². The molecule has 0 bridgehead atoms. The molecular formula is C14H18N4S. The molecule has 0 atom stereocenters. The van der Waals surface area contributed by atoms with Gasteiger partial charge in [0, 0.05) is 30.6 Å². The number of hydrogen-bond acceptors (Lipinski definition) is 5. The molecule has 0 unspecified atom stereocenters. The van der Waals surface area contributed by atoms with Crippen LogP contribution in [-0.2, 0) is 13.0 Å². The second kappa shape index (κ2) is 5.27. The zero-order chi connectivity index (χ0) is 13.2. The molecule has 3 rings (SSSR count). The monoisotopic (exact) mass is 274 g/mol. The van der Waals surface area contributed by atoms with Crippen molar-refractivity contribution in [2.75, 3.05) is 18.8 Å². The molecule has 0 aromatic carbocycles. The maximum atomic E-state index is 5.93. The maximum Gasteiger partial charge on any atom is 0.133 e. The van der Waals surface area contributed by atoms with Crippen LogP contribution in [0.5, 0.6) is 0 Å². The average molecular weight is 274 g/mol. The summed E-state index contributed by atoms with van der Waals surface area (Å²) in [6.07, 6.45) is 3.97. The summed E-state index contributed by atoms with van der Waals surface area (Å²) in [6.45, 7) is 5.54. The normalized spacial score (nSPS) is 15.4. The Bertz CT molecular complexity index is 579. The molecule has 0 fully saturated rings. The molecule has 0 amide bonds. The third kappa shape index (κ3) is 2.48. The second-order valence-electron chi connectivity index (χ2n) is 4.85. The number of pyridine rings is 1. The van der Waals surface area contributed by atoms with Crippen molar-refractivity contribution in [3.63, 3.8) is 0 Å². The molecule has 2 aromatic rings. The molecule has 1 aliphatic heterocycles. The highest BCUT2D eigenvalue weighted by Crippen LogP contribution is 2.33. The van der Waals surface area contributed by atoms with Crippen molar-refractivity contribution in [2.45, 2.75) is 26.3 Å². The predicted molar refractivity (Wildman–Crippen MR) is 79.0 cm³/mol. The largest absolute Gasteiger partial charge is 0.383 e. The Morgan fingerprint density at radius 3 is 3.16 bits per heavy atom. The lowest BCUT2D eigenvalue weighted by molar-refractivity contribution is 0.256. The Hall–Kier alpha value is -1.46. The van der Waals surface area contributed by atoms with Gasteiger partial charge in [0.2, 0.25) is 0 Å². The van der Waals surface area contributed by atoms with Crippen LogP contribution in [0.15, 0.2) is 18.3 Å². The van der Waals surface area contributed by atoms with Crippen molar-refractivity contribution in [1.29, 1.82) is 0 Å². The Balaban J connectivity index is 1.90. The summed E-state index contributed by atoms with van der Waals surface area (Å²) >= 11 is 1.76. The third-order valence-electron chi connectivity index (χ3n) is 3.42. The second-order valence-corrected chi connectivity index (χ2v) is 5.93. The lowest BCUT2D eigenvalue weighted by atomic mass is 10.1. The third-order valence-corrected chi connectivity index (χ3v) is 4.53. The molecule has 5 heteroatoms. The van der Waals surface area contributed by atoms with Crippen molar-refractivity contribution >= 4 is 17.2 Å². The van der Waals surface area contributed by atoms with Crippen LogP contribution in [0.2, 0.25) is 0 Å². The summed E-state index contributed by atoms with van der Waals surface area (Å²) in [5, 5.41) is 1.01. The van der Waals surface area contributed by atoms with Crippen LogP contribution in [0.3, 0.4) is 0 Å². The lowest BCUT2D eigenvalue weighted by Gasteiger charge is -2.25. The van der Waals surface area contributed by atoms with E-state index in [-0.39, 0.29) is 0 Å². The first kappa shape index (κ1) is 12.6. The first-order valence-electron chi connectivity index (χ1n) is 6.69. The fourth-order valence-electron chi connectivity index (χ4n) is 2.47. The number of thiazole rings is 1. The molecule has 0 saturated heterocycles. The fraction of sp³-hybridized carbons (Fsp3) is 0.429. The Morgan fingerprint density at radius 1 is 1.47 bits per heavy atom. The van der Waals surface area contributed by atoms with E-state index >= 15 is 0 Å². The number of fused-ring (bicyclic) bond motifs is 1. The van der Waals surface area contributed by atoms with Crippen molar-refractivity contribution in [1.82, 2.24) is 14.9 Å². The molecule has 0 saturated carbocycles. The van der Waals surface area contributed by atoms with E-state index in [4.69, 9.17) is 10.7 Å². The molecule has 2 aromatic heterocycles. The summed E-state index contributed by atoms with van der Waals surface area (Å²) in [5.74, 6) is 0.569. The molecule has 19 heavy (non-hydrogen) atoms. The molecule has 0 spiro atoms. The van der Waals surface area contributed by atoms with Crippen LogP contribution in [-0.4, -0.2) is 28.0 Å². The van der Waals surface area contributed by atoms with E-state index in [1.54, 1.807) is 17.5 Å². The van der Waals surface area contributed by atoms with Gasteiger partial charge in [-0.05, 0) is 25.1 Å². The first-order chi connectivity index (χ1) is 9.28. The van der Waals surface area contributed by atoms with Crippen molar-refractivity contribution in [3.8, 4) is 10.6 Å². The molecule has 3 heterocycles. The minimum Gasteiger partial charge on any atom is -0.383 e. The lowest BCUT2D eigenvalue weighted by Crippen LogP contribution is -2.30. The van der Waals surface area contributed by atoms with Gasteiger partial charge in [-0.3, -0.25) is 4.90 Å². The molecule has 100 valence electrons. The molecule has 0 aliphatic carbocycles. The minimum atomic E-state index is 0.569. The van der Waals surface area contributed by atoms with Gasteiger partial charge in [-0.25, -0.2) is 9.97 Å². The van der Waals surface area contributed by atoms with Gasteiger partial charge in [-0.1, -0.05) is 6.92 Å². The Labute approximate surface area is 117 Å². The highest BCUT2D eigenvalue weighted by molar-refractivity contribution is 7.15. The number of nitrogens with two attached hydrogens (primary N) is 1. The van der Waals surface area contributed by atoms with Gasteiger partial charge in [0.15, 0.2) is 0 Å². The van der Waals surface area contributed by atoms with Crippen LogP contribution < -0.4 is 5.73 Å². The van der Waals surface area contributed by atoms with Gasteiger partial charge < -0.3 is 5.73 Å². The topological polar surface area (TPSA) is 55.0 Å². The number of rotatable bonds is 3. The molecule has 4 nitrogen and oxygen atoms in total. The summed E-state index contributed by atoms with van der Waals surface area (Å²) in [5.41, 5.74) is 8.14. The minimum absolute atomic E-state index is 0.569. The van der Waals surface area contributed by atoms with Crippen LogP contribution in [0.25, 0.3) is 10.6 Å². The van der Waals surface area contributed by atoms with Gasteiger partial charge in [0.05, 0.1) is 11.3 Å². The van der Waals surface area contributed by atoms with Crippen molar-refractivity contribution in [3.05, 3.63) is 28.9 Å². The number of aromatic nitrogens is 2. The standard InChI is InChI=1S/C14H18N4S/c1-2-7-18-8-5-11-12(9-18)19-14(17-11)10-4-3-6-16-13(10)15/h3-4,6H,2,5,7-9H2,1H3,(H2,15,16). The van der Waals surface area contributed by atoms with Gasteiger partial charge in [-0.15, -0.1) is 11.3 Å². The zero-order valence-corrected chi connectivity index (χ0v) is 11.9. The van der Waals surface area contributed by atoms with E-state index in [2.05, 4.69) is 16.8 Å². The smallest absolute Gasteiger partial charge is 0.133 e. The van der Waals surface area contributed by atoms with Crippen LogP contribution in [0.4, 0.5) is 5.82 Å². The fourth-order valence-corrected chi connectivity index (χ4v) is 3.65. The van der Waals surface area contributed by atoms with Crippen LogP contribution in [0.1, 0.15) is 23.9 Å². The van der Waals surface area contributed by atoms with Crippen LogP contribution in [0, 0.1) is 0 Å².